The van der Waals surface area contributed by atoms with Gasteiger partial charge >= 0.3 is 0 Å². The molecule has 2 aromatic carbocycles. The fraction of sp³-hybridized carbons (Fsp3) is 0.250. The topological polar surface area (TPSA) is 59.8 Å². The van der Waals surface area contributed by atoms with Crippen molar-refractivity contribution in [2.45, 2.75) is 32.0 Å². The fourth-order valence-electron chi connectivity index (χ4n) is 2.70. The molecule has 0 fully saturated rings. The van der Waals surface area contributed by atoms with Gasteiger partial charge in [0.25, 0.3) is 0 Å². The highest BCUT2D eigenvalue weighted by molar-refractivity contribution is 9.10. The molecule has 3 rings (SSSR count). The summed E-state index contributed by atoms with van der Waals surface area (Å²) >= 11 is 4.87. The van der Waals surface area contributed by atoms with Gasteiger partial charge in [0.15, 0.2) is 5.16 Å². The molecule has 1 heterocycles. The molecule has 0 unspecified atom stereocenters. The maximum Gasteiger partial charge on any atom is 0.234 e. The second-order valence-electron chi connectivity index (χ2n) is 6.11. The van der Waals surface area contributed by atoms with Gasteiger partial charge in [0, 0.05) is 23.1 Å². The monoisotopic (exact) mass is 444 g/mol. The highest BCUT2D eigenvalue weighted by Crippen LogP contribution is 2.22. The summed E-state index contributed by atoms with van der Waals surface area (Å²) in [6, 6.07) is 16.0. The minimum Gasteiger partial charge on any atom is -0.325 e. The normalized spacial score (nSPS) is 10.8. The Bertz CT molecular complexity index is 927. The summed E-state index contributed by atoms with van der Waals surface area (Å²) in [6.07, 6.45) is 0.729. The molecular weight excluding hydrogens is 424 g/mol. The first-order valence-electron chi connectivity index (χ1n) is 8.71. The van der Waals surface area contributed by atoms with Gasteiger partial charge in [-0.1, -0.05) is 58.0 Å². The maximum atomic E-state index is 12.3. The number of carbonyl (C=O) groups excluding carboxylic acids is 1. The van der Waals surface area contributed by atoms with Crippen molar-refractivity contribution in [2.75, 3.05) is 11.1 Å². The van der Waals surface area contributed by atoms with E-state index in [1.165, 1.54) is 17.3 Å². The molecule has 1 aromatic heterocycles. The van der Waals surface area contributed by atoms with Crippen molar-refractivity contribution in [3.63, 3.8) is 0 Å². The SMILES string of the molecule is CCn1c(Cc2ccccc2)nnc1SCC(=O)Nc1ccc(Br)c(C)c1. The van der Waals surface area contributed by atoms with Crippen molar-refractivity contribution in [3.8, 4) is 0 Å². The average molecular weight is 445 g/mol. The number of nitrogens with one attached hydrogen (secondary N) is 1. The first-order valence-corrected chi connectivity index (χ1v) is 10.5. The summed E-state index contributed by atoms with van der Waals surface area (Å²) in [4.78, 5) is 12.3. The molecule has 0 saturated carbocycles. The van der Waals surface area contributed by atoms with E-state index in [1.807, 2.05) is 43.3 Å². The van der Waals surface area contributed by atoms with Crippen molar-refractivity contribution in [1.82, 2.24) is 14.8 Å². The Morgan fingerprint density at radius 3 is 2.67 bits per heavy atom. The molecule has 0 aliphatic rings. The number of rotatable bonds is 7. The third-order valence-corrected chi connectivity index (χ3v) is 5.95. The lowest BCUT2D eigenvalue weighted by atomic mass is 10.1. The smallest absolute Gasteiger partial charge is 0.234 e. The van der Waals surface area contributed by atoms with Crippen LogP contribution in [0.3, 0.4) is 0 Å². The Kier molecular flexibility index (Phi) is 6.68. The zero-order valence-corrected chi connectivity index (χ0v) is 17.7. The van der Waals surface area contributed by atoms with Gasteiger partial charge in [0.2, 0.25) is 5.91 Å². The van der Waals surface area contributed by atoms with Crippen LogP contribution in [0.15, 0.2) is 58.2 Å². The van der Waals surface area contributed by atoms with E-state index in [2.05, 4.69) is 55.1 Å². The summed E-state index contributed by atoms with van der Waals surface area (Å²) in [5.41, 5.74) is 3.07. The number of nitrogens with zero attached hydrogens (tertiary/aromatic N) is 3. The zero-order valence-electron chi connectivity index (χ0n) is 15.3. The number of thioether (sulfide) groups is 1. The lowest BCUT2D eigenvalue weighted by Crippen LogP contribution is -2.15. The van der Waals surface area contributed by atoms with Gasteiger partial charge in [-0.05, 0) is 43.2 Å². The summed E-state index contributed by atoms with van der Waals surface area (Å²) in [6.45, 7) is 4.82. The molecule has 5 nitrogen and oxygen atoms in total. The van der Waals surface area contributed by atoms with Crippen molar-refractivity contribution in [3.05, 3.63) is 70.0 Å². The van der Waals surface area contributed by atoms with E-state index in [4.69, 9.17) is 0 Å². The van der Waals surface area contributed by atoms with Gasteiger partial charge in [-0.25, -0.2) is 0 Å². The zero-order chi connectivity index (χ0) is 19.2. The molecule has 27 heavy (non-hydrogen) atoms. The van der Waals surface area contributed by atoms with Crippen LogP contribution in [0.25, 0.3) is 0 Å². The summed E-state index contributed by atoms with van der Waals surface area (Å²) in [5.74, 6) is 1.14. The Morgan fingerprint density at radius 2 is 1.96 bits per heavy atom. The van der Waals surface area contributed by atoms with Gasteiger partial charge in [-0.2, -0.15) is 0 Å². The van der Waals surface area contributed by atoms with Gasteiger partial charge < -0.3 is 9.88 Å². The quantitative estimate of drug-likeness (QED) is 0.536. The van der Waals surface area contributed by atoms with Crippen LogP contribution in [0, 0.1) is 6.92 Å². The van der Waals surface area contributed by atoms with Crippen LogP contribution in [0.5, 0.6) is 0 Å². The predicted molar refractivity (Wildman–Crippen MR) is 113 cm³/mol. The molecule has 0 atom stereocenters. The molecule has 0 bridgehead atoms. The second kappa shape index (κ2) is 9.19. The average Bonchev–Trinajstić information content (AvgIpc) is 3.05. The number of halogens is 1. The van der Waals surface area contributed by atoms with Crippen LogP contribution >= 0.6 is 27.7 Å². The first kappa shape index (κ1) is 19.6. The van der Waals surface area contributed by atoms with Gasteiger partial charge in [-0.15, -0.1) is 10.2 Å². The van der Waals surface area contributed by atoms with Crippen molar-refractivity contribution in [1.29, 1.82) is 0 Å². The number of anilines is 1. The molecule has 0 aliphatic heterocycles. The molecule has 1 amide bonds. The van der Waals surface area contributed by atoms with Crippen LogP contribution in [-0.4, -0.2) is 26.4 Å². The standard InChI is InChI=1S/C20H21BrN4OS/c1-3-25-18(12-15-7-5-4-6-8-15)23-24-20(25)27-13-19(26)22-16-9-10-17(21)14(2)11-16/h4-11H,3,12-13H2,1-2H3,(H,22,26). The molecule has 3 aromatic rings. The first-order chi connectivity index (χ1) is 13.1. The molecular formula is C20H21BrN4OS. The van der Waals surface area contributed by atoms with Crippen LogP contribution in [0.1, 0.15) is 23.9 Å². The number of amides is 1. The van der Waals surface area contributed by atoms with E-state index >= 15 is 0 Å². The highest BCUT2D eigenvalue weighted by atomic mass is 79.9. The van der Waals surface area contributed by atoms with Gasteiger partial charge in [-0.3, -0.25) is 4.79 Å². The van der Waals surface area contributed by atoms with Crippen molar-refractivity contribution in [2.24, 2.45) is 0 Å². The van der Waals surface area contributed by atoms with Crippen LogP contribution in [-0.2, 0) is 17.8 Å². The van der Waals surface area contributed by atoms with E-state index in [-0.39, 0.29) is 5.91 Å². The van der Waals surface area contributed by atoms with E-state index in [0.29, 0.717) is 5.75 Å². The highest BCUT2D eigenvalue weighted by Gasteiger charge is 2.14. The number of hydrogen-bond donors (Lipinski definition) is 1. The molecule has 140 valence electrons. The predicted octanol–water partition coefficient (Wildman–Crippen LogP) is 4.69. The Labute approximate surface area is 171 Å². The van der Waals surface area contributed by atoms with Gasteiger partial charge in [0.05, 0.1) is 5.75 Å². The molecule has 7 heteroatoms. The molecule has 0 radical (unpaired) electrons. The van der Waals surface area contributed by atoms with Crippen LogP contribution in [0.2, 0.25) is 0 Å². The van der Waals surface area contributed by atoms with E-state index in [0.717, 1.165) is 39.7 Å². The minimum absolute atomic E-state index is 0.0583. The lowest BCUT2D eigenvalue weighted by molar-refractivity contribution is -0.113. The van der Waals surface area contributed by atoms with Gasteiger partial charge in [0.1, 0.15) is 5.82 Å². The third kappa shape index (κ3) is 5.20. The number of aryl methyl sites for hydroxylation is 1. The fourth-order valence-corrected chi connectivity index (χ4v) is 3.77. The second-order valence-corrected chi connectivity index (χ2v) is 7.90. The van der Waals surface area contributed by atoms with Crippen molar-refractivity contribution >= 4 is 39.3 Å². The van der Waals surface area contributed by atoms with E-state index in [9.17, 15) is 4.79 Å². The molecule has 0 saturated heterocycles. The van der Waals surface area contributed by atoms with Crippen LogP contribution in [0.4, 0.5) is 5.69 Å². The largest absolute Gasteiger partial charge is 0.325 e. The number of benzene rings is 2. The lowest BCUT2D eigenvalue weighted by Gasteiger charge is -2.09. The number of aromatic nitrogens is 3. The van der Waals surface area contributed by atoms with Crippen LogP contribution < -0.4 is 5.32 Å². The Hall–Kier alpha value is -2.12. The molecule has 0 aliphatic carbocycles. The summed E-state index contributed by atoms with van der Waals surface area (Å²) in [5, 5.41) is 12.3. The Morgan fingerprint density at radius 1 is 1.19 bits per heavy atom. The summed E-state index contributed by atoms with van der Waals surface area (Å²) in [7, 11) is 0. The van der Waals surface area contributed by atoms with E-state index < -0.39 is 0 Å². The maximum absolute atomic E-state index is 12.3. The Balaban J connectivity index is 1.62. The number of hydrogen-bond acceptors (Lipinski definition) is 4. The summed E-state index contributed by atoms with van der Waals surface area (Å²) < 4.78 is 3.09. The number of carbonyl (C=O) groups is 1. The van der Waals surface area contributed by atoms with E-state index in [1.54, 1.807) is 0 Å². The molecule has 0 spiro atoms. The minimum atomic E-state index is -0.0583. The van der Waals surface area contributed by atoms with Crippen molar-refractivity contribution < 1.29 is 4.79 Å². The molecule has 1 N–H and O–H groups in total. The third-order valence-electron chi connectivity index (χ3n) is 4.09.